The highest BCUT2D eigenvalue weighted by atomic mass is 19.1. The summed E-state index contributed by atoms with van der Waals surface area (Å²) in [5.74, 6) is 2.09. The Bertz CT molecular complexity index is 2640. The number of anilines is 2. The Hall–Kier alpha value is -6.95. The first-order chi connectivity index (χ1) is 28.9. The van der Waals surface area contributed by atoms with Gasteiger partial charge in [0, 0.05) is 48.6 Å². The molecule has 0 aliphatic carbocycles. The smallest absolute Gasteiger partial charge is 0.226 e. The van der Waals surface area contributed by atoms with Gasteiger partial charge in [-0.05, 0) is 54.7 Å². The van der Waals surface area contributed by atoms with Crippen LogP contribution < -0.4 is 24.4 Å². The van der Waals surface area contributed by atoms with Crippen molar-refractivity contribution in [3.05, 3.63) is 167 Å². The van der Waals surface area contributed by atoms with Gasteiger partial charge in [-0.1, -0.05) is 91.0 Å². The van der Waals surface area contributed by atoms with Gasteiger partial charge in [0.1, 0.15) is 17.0 Å². The molecule has 9 rings (SSSR count). The molecule has 0 saturated carbocycles. The molecule has 0 bridgehead atoms. The number of ether oxygens (including phenoxy) is 3. The third kappa shape index (κ3) is 6.73. The Morgan fingerprint density at radius 2 is 1.42 bits per heavy atom. The number of nitrogens with zero attached hydrogens (tertiary/aromatic N) is 7. The summed E-state index contributed by atoms with van der Waals surface area (Å²) in [6, 6.07) is 40.5. The van der Waals surface area contributed by atoms with Crippen molar-refractivity contribution in [3.63, 3.8) is 0 Å². The minimum absolute atomic E-state index is 0.0128. The van der Waals surface area contributed by atoms with Crippen molar-refractivity contribution in [2.45, 2.75) is 37.8 Å². The lowest BCUT2D eigenvalue weighted by Crippen LogP contribution is -2.38. The van der Waals surface area contributed by atoms with Crippen LogP contribution in [-0.4, -0.2) is 63.8 Å². The lowest BCUT2D eigenvalue weighted by atomic mass is 9.77. The molecule has 0 unspecified atom stereocenters. The van der Waals surface area contributed by atoms with Crippen LogP contribution in [0.3, 0.4) is 0 Å². The predicted octanol–water partition coefficient (Wildman–Crippen LogP) is 8.78. The van der Waals surface area contributed by atoms with E-state index in [2.05, 4.69) is 119 Å². The number of benzene rings is 5. The summed E-state index contributed by atoms with van der Waals surface area (Å²) in [6.07, 6.45) is 4.02. The van der Waals surface area contributed by atoms with Crippen LogP contribution in [0.1, 0.15) is 52.5 Å². The van der Waals surface area contributed by atoms with E-state index in [1.807, 2.05) is 18.2 Å². The standard InChI is InChI=1S/C47H45FN8O3/c1-31-41(30-55(52-31)47(34-16-8-5-9-17-34,35-18-10-6-11-19-35)36-20-12-7-13-21-36)54-24-14-15-33(29-54)44-51-45-38-26-39(48)43(59-4)27-40(38)50-46(56(45)53-44)49-28-32-22-23-37(57-2)25-42(32)58-3/h5-13,16-23,25-27,30,33H,14-15,24,28-29H2,1-4H3,(H,49,50)/t33-/m1/s1. The highest BCUT2D eigenvalue weighted by molar-refractivity contribution is 5.93. The summed E-state index contributed by atoms with van der Waals surface area (Å²) in [7, 11) is 4.69. The summed E-state index contributed by atoms with van der Waals surface area (Å²) in [4.78, 5) is 12.4. The molecular formula is C47H45FN8O3. The monoisotopic (exact) mass is 788 g/mol. The van der Waals surface area contributed by atoms with E-state index in [0.29, 0.717) is 52.9 Å². The number of methoxy groups -OCH3 is 3. The average Bonchev–Trinajstić information content (AvgIpc) is 3.92. The van der Waals surface area contributed by atoms with Crippen molar-refractivity contribution >= 4 is 28.2 Å². The second-order valence-corrected chi connectivity index (χ2v) is 14.8. The first-order valence-electron chi connectivity index (χ1n) is 19.8. The molecule has 0 amide bonds. The maximum atomic E-state index is 15.2. The van der Waals surface area contributed by atoms with Crippen LogP contribution in [0.2, 0.25) is 0 Å². The number of fused-ring (bicyclic) bond motifs is 3. The van der Waals surface area contributed by atoms with Crippen molar-refractivity contribution in [2.24, 2.45) is 0 Å². The molecule has 1 fully saturated rings. The highest BCUT2D eigenvalue weighted by Crippen LogP contribution is 2.42. The van der Waals surface area contributed by atoms with Crippen molar-refractivity contribution in [1.82, 2.24) is 29.4 Å². The fourth-order valence-corrected chi connectivity index (χ4v) is 8.52. The maximum Gasteiger partial charge on any atom is 0.226 e. The number of aromatic nitrogens is 6. The lowest BCUT2D eigenvalue weighted by molar-refractivity contribution is 0.387. The molecule has 12 heteroatoms. The highest BCUT2D eigenvalue weighted by Gasteiger charge is 2.40. The quantitative estimate of drug-likeness (QED) is 0.122. The lowest BCUT2D eigenvalue weighted by Gasteiger charge is -2.36. The first-order valence-corrected chi connectivity index (χ1v) is 19.8. The van der Waals surface area contributed by atoms with Crippen molar-refractivity contribution in [2.75, 3.05) is 44.6 Å². The Labute approximate surface area is 342 Å². The number of nitrogens with one attached hydrogen (secondary N) is 1. The molecule has 11 nitrogen and oxygen atoms in total. The Morgan fingerprint density at radius 1 is 0.763 bits per heavy atom. The molecule has 1 atom stereocenters. The number of halogens is 1. The van der Waals surface area contributed by atoms with Crippen LogP contribution in [0.5, 0.6) is 17.2 Å². The number of aryl methyl sites for hydroxylation is 1. The van der Waals surface area contributed by atoms with Gasteiger partial charge in [0.05, 0.1) is 44.4 Å². The zero-order valence-corrected chi connectivity index (χ0v) is 33.5. The number of piperidine rings is 1. The van der Waals surface area contributed by atoms with E-state index in [9.17, 15) is 0 Å². The third-order valence-electron chi connectivity index (χ3n) is 11.4. The van der Waals surface area contributed by atoms with E-state index in [1.165, 1.54) is 13.2 Å². The van der Waals surface area contributed by atoms with Gasteiger partial charge in [-0.25, -0.2) is 14.4 Å². The van der Waals surface area contributed by atoms with Gasteiger partial charge < -0.3 is 24.4 Å². The van der Waals surface area contributed by atoms with Crippen molar-refractivity contribution in [1.29, 1.82) is 0 Å². The largest absolute Gasteiger partial charge is 0.497 e. The van der Waals surface area contributed by atoms with Gasteiger partial charge in [0.15, 0.2) is 23.0 Å². The van der Waals surface area contributed by atoms with Gasteiger partial charge in [0.2, 0.25) is 5.95 Å². The Balaban J connectivity index is 1.10. The average molecular weight is 789 g/mol. The van der Waals surface area contributed by atoms with Crippen molar-refractivity contribution < 1.29 is 18.6 Å². The molecule has 1 aliphatic rings. The maximum absolute atomic E-state index is 15.2. The van der Waals surface area contributed by atoms with Gasteiger partial charge in [-0.2, -0.15) is 9.61 Å². The van der Waals surface area contributed by atoms with E-state index in [1.54, 1.807) is 24.8 Å². The molecule has 0 spiro atoms. The molecule has 298 valence electrons. The number of hydrogen-bond acceptors (Lipinski definition) is 9. The topological polar surface area (TPSA) is 104 Å². The van der Waals surface area contributed by atoms with E-state index < -0.39 is 11.4 Å². The van der Waals surface area contributed by atoms with Crippen LogP contribution in [0, 0.1) is 12.7 Å². The molecule has 1 N–H and O–H groups in total. The summed E-state index contributed by atoms with van der Waals surface area (Å²) in [5.41, 5.74) is 6.54. The third-order valence-corrected chi connectivity index (χ3v) is 11.4. The van der Waals surface area contributed by atoms with E-state index >= 15 is 4.39 Å². The molecule has 0 radical (unpaired) electrons. The molecule has 59 heavy (non-hydrogen) atoms. The number of rotatable bonds is 12. The minimum Gasteiger partial charge on any atom is -0.497 e. The normalized spacial score (nSPS) is 14.5. The molecular weight excluding hydrogens is 744 g/mol. The molecule has 3 aromatic heterocycles. The van der Waals surface area contributed by atoms with Crippen LogP contribution in [-0.2, 0) is 12.1 Å². The summed E-state index contributed by atoms with van der Waals surface area (Å²) >= 11 is 0. The summed E-state index contributed by atoms with van der Waals surface area (Å²) in [5, 5.41) is 14.4. The number of hydrogen-bond donors (Lipinski definition) is 1. The molecule has 1 saturated heterocycles. The zero-order valence-electron chi connectivity index (χ0n) is 33.5. The van der Waals surface area contributed by atoms with Crippen molar-refractivity contribution in [3.8, 4) is 17.2 Å². The van der Waals surface area contributed by atoms with Crippen LogP contribution >= 0.6 is 0 Å². The second kappa shape index (κ2) is 15.8. The predicted molar refractivity (Wildman–Crippen MR) is 227 cm³/mol. The van der Waals surface area contributed by atoms with Gasteiger partial charge in [-0.3, -0.25) is 4.68 Å². The van der Waals surface area contributed by atoms with Crippen LogP contribution in [0.15, 0.2) is 128 Å². The fraction of sp³-hybridized carbons (Fsp3) is 0.234. The Kier molecular flexibility index (Phi) is 10.1. The summed E-state index contributed by atoms with van der Waals surface area (Å²) < 4.78 is 35.5. The Morgan fingerprint density at radius 3 is 2.05 bits per heavy atom. The molecule has 8 aromatic rings. The second-order valence-electron chi connectivity index (χ2n) is 14.8. The molecule has 1 aliphatic heterocycles. The SMILES string of the molecule is COc1ccc(CNc2nc3cc(OC)c(F)cc3c3nc([C@@H]4CCCN(c5cn(C(c6ccccc6)(c6ccccc6)c6ccccc6)nc5C)C4)nn23)c(OC)c1. The van der Waals surface area contributed by atoms with E-state index in [0.717, 1.165) is 53.0 Å². The zero-order chi connectivity index (χ0) is 40.5. The minimum atomic E-state index is -0.726. The van der Waals surface area contributed by atoms with Gasteiger partial charge >= 0.3 is 0 Å². The van der Waals surface area contributed by atoms with Gasteiger partial charge in [-0.15, -0.1) is 5.10 Å². The van der Waals surface area contributed by atoms with E-state index in [-0.39, 0.29) is 11.7 Å². The molecule has 5 aromatic carbocycles. The fourth-order valence-electron chi connectivity index (χ4n) is 8.52. The van der Waals surface area contributed by atoms with Gasteiger partial charge in [0.25, 0.3) is 0 Å². The molecule has 4 heterocycles. The van der Waals surface area contributed by atoms with Crippen LogP contribution in [0.25, 0.3) is 16.6 Å². The van der Waals surface area contributed by atoms with Crippen LogP contribution in [0.4, 0.5) is 16.0 Å². The van der Waals surface area contributed by atoms with E-state index in [4.69, 9.17) is 34.4 Å². The summed E-state index contributed by atoms with van der Waals surface area (Å²) in [6.45, 7) is 4.00. The first kappa shape index (κ1) is 37.6.